The van der Waals surface area contributed by atoms with Crippen molar-refractivity contribution in [3.05, 3.63) is 41.0 Å². The van der Waals surface area contributed by atoms with E-state index in [9.17, 15) is 9.59 Å². The molecule has 0 heterocycles. The van der Waals surface area contributed by atoms with Crippen molar-refractivity contribution in [2.45, 2.75) is 39.3 Å². The third kappa shape index (κ3) is 2.58. The standard InChI is InChI=1S/C18H21O2Si/c1-18(2,3)17-13(10-19)12-8-6-7-9-15(21(4)5)16(12)14(17)11-20/h6-11H,1-5H3. The van der Waals surface area contributed by atoms with Crippen molar-refractivity contribution in [1.82, 2.24) is 0 Å². The SMILES string of the molecule is C[Si](C)c1ccccc2c(C=O)c(C(C)(C)C)c(C=O)c1-2. The van der Waals surface area contributed by atoms with Gasteiger partial charge in [0, 0.05) is 11.1 Å². The number of carbonyl (C=O) groups is 2. The van der Waals surface area contributed by atoms with Gasteiger partial charge in [-0.2, -0.15) is 0 Å². The van der Waals surface area contributed by atoms with Gasteiger partial charge in [0.2, 0.25) is 0 Å². The average molecular weight is 297 g/mol. The summed E-state index contributed by atoms with van der Waals surface area (Å²) in [4.78, 5) is 23.5. The predicted octanol–water partition coefficient (Wildman–Crippen LogP) is 3.68. The minimum Gasteiger partial charge on any atom is -0.298 e. The molecule has 0 aromatic rings. The Morgan fingerprint density at radius 3 is 2.00 bits per heavy atom. The average Bonchev–Trinajstić information content (AvgIpc) is 2.55. The van der Waals surface area contributed by atoms with E-state index in [1.807, 2.05) is 39.0 Å². The zero-order valence-electron chi connectivity index (χ0n) is 13.3. The number of carbonyl (C=O) groups excluding carboxylic acids is 2. The zero-order chi connectivity index (χ0) is 15.8. The number of fused-ring (bicyclic) bond motifs is 1. The van der Waals surface area contributed by atoms with Gasteiger partial charge in [0.1, 0.15) is 0 Å². The van der Waals surface area contributed by atoms with Crippen LogP contribution in [0.1, 0.15) is 47.1 Å². The molecule has 0 fully saturated rings. The van der Waals surface area contributed by atoms with Crippen LogP contribution < -0.4 is 5.19 Å². The summed E-state index contributed by atoms with van der Waals surface area (Å²) in [6.07, 6.45) is 1.82. The topological polar surface area (TPSA) is 34.1 Å². The van der Waals surface area contributed by atoms with Gasteiger partial charge in [0.25, 0.3) is 0 Å². The lowest BCUT2D eigenvalue weighted by atomic mass is 9.84. The summed E-state index contributed by atoms with van der Waals surface area (Å²) in [5.74, 6) is 0. The van der Waals surface area contributed by atoms with E-state index in [2.05, 4.69) is 19.2 Å². The van der Waals surface area contributed by atoms with Crippen LogP contribution >= 0.6 is 0 Å². The van der Waals surface area contributed by atoms with Crippen molar-refractivity contribution in [2.75, 3.05) is 0 Å². The van der Waals surface area contributed by atoms with Crippen molar-refractivity contribution < 1.29 is 9.59 Å². The second-order valence-electron chi connectivity index (χ2n) is 6.61. The van der Waals surface area contributed by atoms with Crippen LogP contribution in [0, 0.1) is 0 Å². The highest BCUT2D eigenvalue weighted by atomic mass is 28.3. The van der Waals surface area contributed by atoms with Crippen LogP contribution in [-0.4, -0.2) is 21.4 Å². The molecular weight excluding hydrogens is 276 g/mol. The van der Waals surface area contributed by atoms with E-state index in [1.54, 1.807) is 0 Å². The summed E-state index contributed by atoms with van der Waals surface area (Å²) in [5, 5.41) is 1.21. The Morgan fingerprint density at radius 2 is 1.52 bits per heavy atom. The quantitative estimate of drug-likeness (QED) is 0.640. The van der Waals surface area contributed by atoms with E-state index < -0.39 is 8.80 Å². The van der Waals surface area contributed by atoms with Gasteiger partial charge in [-0.05, 0) is 22.1 Å². The Hall–Kier alpha value is -1.74. The fraction of sp³-hybridized carbons (Fsp3) is 0.333. The number of rotatable bonds is 3. The van der Waals surface area contributed by atoms with Crippen LogP contribution in [-0.2, 0) is 5.41 Å². The van der Waals surface area contributed by atoms with Crippen LogP contribution in [0.25, 0.3) is 11.1 Å². The summed E-state index contributed by atoms with van der Waals surface area (Å²) < 4.78 is 0. The summed E-state index contributed by atoms with van der Waals surface area (Å²) in [5.41, 5.74) is 3.87. The molecule has 0 unspecified atom stereocenters. The molecule has 0 amide bonds. The van der Waals surface area contributed by atoms with Gasteiger partial charge >= 0.3 is 0 Å². The third-order valence-corrected chi connectivity index (χ3v) is 5.29. The molecule has 0 aromatic carbocycles. The Balaban J connectivity index is 3.04. The Labute approximate surface area is 128 Å². The molecular formula is C18H21O2Si. The molecule has 2 aliphatic rings. The molecule has 0 saturated carbocycles. The first-order valence-corrected chi connectivity index (χ1v) is 9.63. The molecule has 0 aliphatic heterocycles. The van der Waals surface area contributed by atoms with Crippen LogP contribution in [0.2, 0.25) is 13.1 Å². The van der Waals surface area contributed by atoms with Gasteiger partial charge in [-0.25, -0.2) is 0 Å². The van der Waals surface area contributed by atoms with Crippen LogP contribution in [0.15, 0.2) is 24.3 Å². The first-order valence-electron chi connectivity index (χ1n) is 7.13. The minimum atomic E-state index is -0.743. The van der Waals surface area contributed by atoms with Crippen molar-refractivity contribution in [3.63, 3.8) is 0 Å². The molecule has 2 rings (SSSR count). The fourth-order valence-corrected chi connectivity index (χ4v) is 4.20. The fourth-order valence-electron chi connectivity index (χ4n) is 3.00. The Kier molecular flexibility index (Phi) is 4.15. The van der Waals surface area contributed by atoms with Gasteiger partial charge in [0.15, 0.2) is 12.6 Å². The van der Waals surface area contributed by atoms with Gasteiger partial charge in [-0.1, -0.05) is 63.3 Å². The molecule has 0 spiro atoms. The molecule has 0 aromatic heterocycles. The Bertz CT molecular complexity index is 666. The predicted molar refractivity (Wildman–Crippen MR) is 89.7 cm³/mol. The van der Waals surface area contributed by atoms with E-state index in [1.165, 1.54) is 5.19 Å². The smallest absolute Gasteiger partial charge is 0.150 e. The summed E-state index contributed by atoms with van der Waals surface area (Å²) in [6.45, 7) is 10.6. The second kappa shape index (κ2) is 5.56. The molecule has 0 N–H and O–H groups in total. The lowest BCUT2D eigenvalue weighted by Gasteiger charge is -2.19. The molecule has 109 valence electrons. The van der Waals surface area contributed by atoms with Gasteiger partial charge in [0.05, 0.1) is 8.80 Å². The third-order valence-electron chi connectivity index (χ3n) is 3.80. The molecule has 2 nitrogen and oxygen atoms in total. The highest BCUT2D eigenvalue weighted by molar-refractivity contribution is 6.72. The molecule has 1 radical (unpaired) electrons. The summed E-state index contributed by atoms with van der Waals surface area (Å²) in [6, 6.07) is 7.98. The van der Waals surface area contributed by atoms with Gasteiger partial charge in [-0.15, -0.1) is 0 Å². The number of aldehydes is 2. The van der Waals surface area contributed by atoms with Crippen LogP contribution in [0.5, 0.6) is 0 Å². The van der Waals surface area contributed by atoms with E-state index in [0.717, 1.165) is 29.3 Å². The second-order valence-corrected chi connectivity index (χ2v) is 9.15. The lowest BCUT2D eigenvalue weighted by Crippen LogP contribution is -2.24. The molecule has 2 aliphatic carbocycles. The maximum atomic E-state index is 11.8. The molecule has 0 bridgehead atoms. The number of hydrogen-bond donors (Lipinski definition) is 0. The summed E-state index contributed by atoms with van der Waals surface area (Å²) in [7, 11) is -0.743. The van der Waals surface area contributed by atoms with Crippen molar-refractivity contribution in [1.29, 1.82) is 0 Å². The maximum absolute atomic E-state index is 11.8. The van der Waals surface area contributed by atoms with Crippen molar-refractivity contribution in [2.24, 2.45) is 0 Å². The van der Waals surface area contributed by atoms with Crippen LogP contribution in [0.3, 0.4) is 0 Å². The Morgan fingerprint density at radius 1 is 0.952 bits per heavy atom. The van der Waals surface area contributed by atoms with Gasteiger partial charge in [-0.3, -0.25) is 9.59 Å². The first-order chi connectivity index (χ1) is 9.82. The minimum absolute atomic E-state index is 0.240. The molecule has 21 heavy (non-hydrogen) atoms. The highest BCUT2D eigenvalue weighted by Gasteiger charge is 2.31. The molecule has 0 saturated heterocycles. The van der Waals surface area contributed by atoms with Crippen molar-refractivity contribution in [3.8, 4) is 11.1 Å². The lowest BCUT2D eigenvalue weighted by molar-refractivity contribution is 0.112. The van der Waals surface area contributed by atoms with Gasteiger partial charge < -0.3 is 0 Å². The molecule has 3 heteroatoms. The monoisotopic (exact) mass is 297 g/mol. The largest absolute Gasteiger partial charge is 0.298 e. The molecule has 0 atom stereocenters. The van der Waals surface area contributed by atoms with E-state index in [0.29, 0.717) is 11.1 Å². The van der Waals surface area contributed by atoms with E-state index in [-0.39, 0.29) is 5.41 Å². The normalized spacial score (nSPS) is 11.9. The van der Waals surface area contributed by atoms with E-state index >= 15 is 0 Å². The van der Waals surface area contributed by atoms with E-state index in [4.69, 9.17) is 0 Å². The first kappa shape index (κ1) is 15.6. The zero-order valence-corrected chi connectivity index (χ0v) is 14.3. The summed E-state index contributed by atoms with van der Waals surface area (Å²) >= 11 is 0. The van der Waals surface area contributed by atoms with Crippen LogP contribution in [0.4, 0.5) is 0 Å². The highest BCUT2D eigenvalue weighted by Crippen LogP contribution is 2.40. The maximum Gasteiger partial charge on any atom is 0.150 e. The number of hydrogen-bond acceptors (Lipinski definition) is 2. The van der Waals surface area contributed by atoms with Crippen molar-refractivity contribution >= 4 is 26.6 Å².